The fourth-order valence-corrected chi connectivity index (χ4v) is 4.69. The summed E-state index contributed by atoms with van der Waals surface area (Å²) >= 11 is 1.81. The zero-order valence-corrected chi connectivity index (χ0v) is 15.8. The third-order valence-corrected chi connectivity index (χ3v) is 6.30. The van der Waals surface area contributed by atoms with Crippen LogP contribution in [0.15, 0.2) is 53.6 Å². The van der Waals surface area contributed by atoms with E-state index in [0.717, 1.165) is 19.0 Å². The summed E-state index contributed by atoms with van der Waals surface area (Å²) in [6.45, 7) is 5.72. The summed E-state index contributed by atoms with van der Waals surface area (Å²) in [6.07, 6.45) is 6.77. The van der Waals surface area contributed by atoms with E-state index in [-0.39, 0.29) is 0 Å². The average molecular weight is 354 g/mol. The molecule has 0 radical (unpaired) electrons. The minimum Gasteiger partial charge on any atom is -0.296 e. The number of thioether (sulfide) groups is 1. The zero-order chi connectivity index (χ0) is 17.1. The molecule has 0 aliphatic carbocycles. The number of pyridine rings is 1. The van der Waals surface area contributed by atoms with Crippen LogP contribution in [0.5, 0.6) is 0 Å². The number of nitrogens with zero attached hydrogens (tertiary/aromatic N) is 3. The van der Waals surface area contributed by atoms with Crippen LogP contribution in [0.2, 0.25) is 0 Å². The number of benzene rings is 1. The summed E-state index contributed by atoms with van der Waals surface area (Å²) in [5.41, 5.74) is 2.64. The van der Waals surface area contributed by atoms with Crippen LogP contribution in [-0.2, 0) is 13.1 Å². The number of piperidine rings is 1. The molecule has 0 unspecified atom stereocenters. The van der Waals surface area contributed by atoms with Crippen LogP contribution < -0.4 is 0 Å². The fraction of sp³-hybridized carbons (Fsp3) is 0.476. The van der Waals surface area contributed by atoms with Crippen molar-refractivity contribution in [1.82, 2.24) is 14.8 Å². The second kappa shape index (κ2) is 7.90. The monoisotopic (exact) mass is 353 g/mol. The first kappa shape index (κ1) is 17.1. The molecule has 0 amide bonds. The van der Waals surface area contributed by atoms with E-state index in [1.807, 2.05) is 24.0 Å². The van der Waals surface area contributed by atoms with Crippen LogP contribution in [0.3, 0.4) is 0 Å². The molecule has 2 atom stereocenters. The van der Waals surface area contributed by atoms with Crippen molar-refractivity contribution in [3.05, 3.63) is 59.9 Å². The highest BCUT2D eigenvalue weighted by Crippen LogP contribution is 2.30. The molecule has 4 heteroatoms. The second-order valence-corrected chi connectivity index (χ2v) is 8.27. The Morgan fingerprint density at radius 3 is 2.64 bits per heavy atom. The van der Waals surface area contributed by atoms with Gasteiger partial charge in [0.25, 0.3) is 0 Å². The Balaban J connectivity index is 1.42. The average Bonchev–Trinajstić information content (AvgIpc) is 2.94. The number of fused-ring (bicyclic) bond motifs is 4. The quantitative estimate of drug-likeness (QED) is 0.759. The molecule has 2 aromatic rings. The van der Waals surface area contributed by atoms with E-state index in [2.05, 4.69) is 57.4 Å². The molecule has 3 nitrogen and oxygen atoms in total. The molecule has 4 heterocycles. The molecule has 0 spiro atoms. The molecule has 3 aliphatic heterocycles. The van der Waals surface area contributed by atoms with Crippen LogP contribution >= 0.6 is 11.8 Å². The predicted molar refractivity (Wildman–Crippen MR) is 105 cm³/mol. The van der Waals surface area contributed by atoms with Crippen LogP contribution in [0, 0.1) is 5.92 Å². The molecule has 5 rings (SSSR count). The van der Waals surface area contributed by atoms with Gasteiger partial charge in [-0.15, -0.1) is 11.8 Å². The maximum Gasteiger partial charge on any atom is 0.0543 e. The summed E-state index contributed by atoms with van der Waals surface area (Å²) in [4.78, 5) is 11.2. The van der Waals surface area contributed by atoms with Gasteiger partial charge in [0, 0.05) is 49.9 Å². The molecule has 1 aromatic heterocycles. The molecule has 3 saturated heterocycles. The maximum atomic E-state index is 4.52. The highest BCUT2D eigenvalue weighted by Gasteiger charge is 2.34. The van der Waals surface area contributed by atoms with Crippen LogP contribution in [0.1, 0.15) is 24.1 Å². The van der Waals surface area contributed by atoms with E-state index < -0.39 is 0 Å². The Bertz CT molecular complexity index is 673. The number of aromatic nitrogens is 1. The number of hydrogen-bond acceptors (Lipinski definition) is 4. The van der Waals surface area contributed by atoms with Gasteiger partial charge >= 0.3 is 0 Å². The van der Waals surface area contributed by atoms with Crippen molar-refractivity contribution in [1.29, 1.82) is 0 Å². The van der Waals surface area contributed by atoms with Crippen molar-refractivity contribution in [3.8, 4) is 0 Å². The molecule has 3 fully saturated rings. The molecule has 0 N–H and O–H groups in total. The summed E-state index contributed by atoms with van der Waals surface area (Å²) in [6, 6.07) is 16.0. The van der Waals surface area contributed by atoms with Gasteiger partial charge in [0.05, 0.1) is 5.69 Å². The number of rotatable bonds is 5. The molecule has 2 bridgehead atoms. The van der Waals surface area contributed by atoms with E-state index in [9.17, 15) is 0 Å². The molecular weight excluding hydrogens is 326 g/mol. The second-order valence-electron chi connectivity index (χ2n) is 7.39. The first-order valence-electron chi connectivity index (χ1n) is 9.29. The Labute approximate surface area is 155 Å². The lowest BCUT2D eigenvalue weighted by Gasteiger charge is -2.36. The lowest BCUT2D eigenvalue weighted by molar-refractivity contribution is 0.123. The van der Waals surface area contributed by atoms with Gasteiger partial charge in [-0.25, -0.2) is 0 Å². The minimum atomic E-state index is 0.683. The zero-order valence-electron chi connectivity index (χ0n) is 15.0. The number of hydrogen-bond donors (Lipinski definition) is 0. The topological polar surface area (TPSA) is 19.4 Å². The Kier molecular flexibility index (Phi) is 5.39. The third kappa shape index (κ3) is 4.25. The SMILES string of the molecule is CSc1ccc(CN2C[C@H]3CC[C@@H]2CN(Cc2ccccn2)C3)cc1. The maximum absolute atomic E-state index is 4.52. The summed E-state index contributed by atoms with van der Waals surface area (Å²) in [5.74, 6) is 0.799. The van der Waals surface area contributed by atoms with Crippen molar-refractivity contribution in [2.24, 2.45) is 5.92 Å². The van der Waals surface area contributed by atoms with Gasteiger partial charge in [0.1, 0.15) is 0 Å². The van der Waals surface area contributed by atoms with Crippen molar-refractivity contribution >= 4 is 11.8 Å². The summed E-state index contributed by atoms with van der Waals surface area (Å²) in [5, 5.41) is 0. The largest absolute Gasteiger partial charge is 0.296 e. The smallest absolute Gasteiger partial charge is 0.0543 e. The fourth-order valence-electron chi connectivity index (χ4n) is 4.29. The third-order valence-electron chi connectivity index (χ3n) is 5.56. The van der Waals surface area contributed by atoms with Crippen molar-refractivity contribution < 1.29 is 0 Å². The highest BCUT2D eigenvalue weighted by molar-refractivity contribution is 7.98. The van der Waals surface area contributed by atoms with Gasteiger partial charge in [0.15, 0.2) is 0 Å². The Hall–Kier alpha value is -1.36. The van der Waals surface area contributed by atoms with Crippen LogP contribution in [0.4, 0.5) is 0 Å². The first-order chi connectivity index (χ1) is 12.3. The van der Waals surface area contributed by atoms with E-state index in [1.54, 1.807) is 0 Å². The van der Waals surface area contributed by atoms with E-state index in [0.29, 0.717) is 6.04 Å². The standard InChI is InChI=1S/C21H27N3S/c1-25-21-9-6-17(7-10-21)13-24-14-18-5-8-20(24)16-23(12-18)15-19-4-2-3-11-22-19/h2-4,6-7,9-11,18,20H,5,8,12-16H2,1H3/t18-,20+/m0/s1. The van der Waals surface area contributed by atoms with Gasteiger partial charge in [0.2, 0.25) is 0 Å². The molecule has 25 heavy (non-hydrogen) atoms. The molecule has 132 valence electrons. The van der Waals surface area contributed by atoms with Gasteiger partial charge in [-0.1, -0.05) is 18.2 Å². The molecule has 0 saturated carbocycles. The van der Waals surface area contributed by atoms with Crippen molar-refractivity contribution in [3.63, 3.8) is 0 Å². The van der Waals surface area contributed by atoms with Crippen LogP contribution in [0.25, 0.3) is 0 Å². The molecule has 3 aliphatic rings. The molecule has 1 aromatic carbocycles. The van der Waals surface area contributed by atoms with Crippen molar-refractivity contribution in [2.45, 2.75) is 36.9 Å². The van der Waals surface area contributed by atoms with Crippen molar-refractivity contribution in [2.75, 3.05) is 25.9 Å². The summed E-state index contributed by atoms with van der Waals surface area (Å²) in [7, 11) is 0. The van der Waals surface area contributed by atoms with E-state index in [1.165, 1.54) is 48.6 Å². The first-order valence-corrected chi connectivity index (χ1v) is 10.5. The lowest BCUT2D eigenvalue weighted by Crippen LogP contribution is -2.43. The van der Waals surface area contributed by atoms with Gasteiger partial charge in [-0.05, 0) is 54.8 Å². The molecular formula is C21H27N3S. The Morgan fingerprint density at radius 1 is 1.00 bits per heavy atom. The highest BCUT2D eigenvalue weighted by atomic mass is 32.2. The minimum absolute atomic E-state index is 0.683. The van der Waals surface area contributed by atoms with Gasteiger partial charge < -0.3 is 0 Å². The van der Waals surface area contributed by atoms with E-state index in [4.69, 9.17) is 0 Å². The lowest BCUT2D eigenvalue weighted by atomic mass is 9.94. The van der Waals surface area contributed by atoms with Crippen LogP contribution in [-0.4, -0.2) is 46.7 Å². The van der Waals surface area contributed by atoms with Gasteiger partial charge in [-0.3, -0.25) is 14.8 Å². The summed E-state index contributed by atoms with van der Waals surface area (Å²) < 4.78 is 0. The Morgan fingerprint density at radius 2 is 1.88 bits per heavy atom. The van der Waals surface area contributed by atoms with E-state index >= 15 is 0 Å². The van der Waals surface area contributed by atoms with Gasteiger partial charge in [-0.2, -0.15) is 0 Å². The normalized spacial score (nSPS) is 24.4. The predicted octanol–water partition coefficient (Wildman–Crippen LogP) is 3.90.